The predicted octanol–water partition coefficient (Wildman–Crippen LogP) is 6.10. The SMILES string of the molecule is CN(C)C(=O)c1nn2c(c1Cl)CN(c1nc(OC[C@@]34CCCN3C/C(=C\C(F)(F)F)C4)nc3c1CO[C@H](c1c(C(F)(F)F)ccc(N)c1F)C3)CCC2. The molecule has 286 valence electrons. The lowest BCUT2D eigenvalue weighted by Crippen LogP contribution is -2.43. The zero-order valence-corrected chi connectivity index (χ0v) is 29.5. The maximum Gasteiger partial charge on any atom is 0.416 e. The van der Waals surface area contributed by atoms with Crippen molar-refractivity contribution in [2.24, 2.45) is 0 Å². The number of carbonyl (C=O) groups is 1. The van der Waals surface area contributed by atoms with E-state index in [0.29, 0.717) is 61.7 Å². The number of aromatic nitrogens is 4. The zero-order chi connectivity index (χ0) is 38.0. The van der Waals surface area contributed by atoms with Gasteiger partial charge in [-0.15, -0.1) is 0 Å². The third kappa shape index (κ3) is 7.12. The minimum atomic E-state index is -4.91. The second kappa shape index (κ2) is 13.6. The van der Waals surface area contributed by atoms with E-state index in [-0.39, 0.29) is 73.0 Å². The van der Waals surface area contributed by atoms with Gasteiger partial charge in [0.15, 0.2) is 11.5 Å². The first kappa shape index (κ1) is 37.2. The van der Waals surface area contributed by atoms with Gasteiger partial charge in [0.05, 0.1) is 52.5 Å². The van der Waals surface area contributed by atoms with Gasteiger partial charge in [-0.05, 0) is 49.9 Å². The summed E-state index contributed by atoms with van der Waals surface area (Å²) in [5.74, 6) is -1.31. The Morgan fingerprint density at radius 1 is 1.13 bits per heavy atom. The summed E-state index contributed by atoms with van der Waals surface area (Å²) < 4.78 is 111. The van der Waals surface area contributed by atoms with Crippen molar-refractivity contribution in [2.75, 3.05) is 51.0 Å². The highest BCUT2D eigenvalue weighted by Crippen LogP contribution is 2.45. The van der Waals surface area contributed by atoms with Crippen LogP contribution in [0.15, 0.2) is 23.8 Å². The molecule has 1 amide bonds. The van der Waals surface area contributed by atoms with Gasteiger partial charge in [-0.2, -0.15) is 41.4 Å². The lowest BCUT2D eigenvalue weighted by atomic mass is 9.93. The molecular formula is C34H36ClF7N8O3. The molecule has 19 heteroatoms. The average Bonchev–Trinajstić information content (AvgIpc) is 3.65. The molecule has 3 aromatic rings. The third-order valence-corrected chi connectivity index (χ3v) is 10.7. The first-order valence-corrected chi connectivity index (χ1v) is 17.4. The van der Waals surface area contributed by atoms with Gasteiger partial charge in [0.25, 0.3) is 5.91 Å². The third-order valence-electron chi connectivity index (χ3n) is 10.3. The van der Waals surface area contributed by atoms with Crippen molar-refractivity contribution in [1.29, 1.82) is 0 Å². The Balaban J connectivity index is 1.26. The smallest absolute Gasteiger partial charge is 0.416 e. The predicted molar refractivity (Wildman–Crippen MR) is 178 cm³/mol. The zero-order valence-electron chi connectivity index (χ0n) is 28.8. The first-order chi connectivity index (χ1) is 24.9. The van der Waals surface area contributed by atoms with E-state index in [2.05, 4.69) is 10.1 Å². The van der Waals surface area contributed by atoms with Crippen LogP contribution in [0.3, 0.4) is 0 Å². The van der Waals surface area contributed by atoms with Gasteiger partial charge in [-0.3, -0.25) is 14.4 Å². The van der Waals surface area contributed by atoms with E-state index < -0.39 is 46.6 Å². The molecular weight excluding hydrogens is 737 g/mol. The largest absolute Gasteiger partial charge is 0.461 e. The summed E-state index contributed by atoms with van der Waals surface area (Å²) in [6.07, 6.45) is -8.76. The van der Waals surface area contributed by atoms with Crippen molar-refractivity contribution in [1.82, 2.24) is 29.5 Å². The standard InChI is InChI=1S/C34H36ClF7N8O3/c1-47(2)30(51)28-26(35)23-15-48(8-4-10-50(23)46-28)29-19-16-52-24(25-20(34(40,41)42)5-6-21(43)27(25)36)11-22(19)44-31(45-29)53-17-32-7-3-9-49(32)14-18(12-32)13-33(37,38)39/h5-6,13,24H,3-4,7-12,14-17,43H2,1-2H3/b18-13-/t24-,32-/m0/s1. The van der Waals surface area contributed by atoms with Crippen LogP contribution in [-0.2, 0) is 37.0 Å². The first-order valence-electron chi connectivity index (χ1n) is 17.0. The van der Waals surface area contributed by atoms with Crippen LogP contribution >= 0.6 is 11.6 Å². The van der Waals surface area contributed by atoms with Crippen molar-refractivity contribution in [3.8, 4) is 6.01 Å². The maximum absolute atomic E-state index is 15.4. The van der Waals surface area contributed by atoms with Crippen LogP contribution in [0.25, 0.3) is 0 Å². The van der Waals surface area contributed by atoms with Crippen molar-refractivity contribution in [2.45, 2.75) is 75.8 Å². The number of anilines is 2. The molecule has 0 saturated carbocycles. The lowest BCUT2D eigenvalue weighted by Gasteiger charge is -2.33. The fourth-order valence-electron chi connectivity index (χ4n) is 7.83. The number of hydrogen-bond donors (Lipinski definition) is 1. The highest BCUT2D eigenvalue weighted by molar-refractivity contribution is 6.34. The van der Waals surface area contributed by atoms with Gasteiger partial charge in [0, 0.05) is 57.4 Å². The highest BCUT2D eigenvalue weighted by Gasteiger charge is 2.48. The van der Waals surface area contributed by atoms with Crippen molar-refractivity contribution in [3.05, 3.63) is 68.4 Å². The van der Waals surface area contributed by atoms with Gasteiger partial charge < -0.3 is 25.0 Å². The fourth-order valence-corrected chi connectivity index (χ4v) is 8.11. The number of carbonyl (C=O) groups excluding carboxylic acids is 1. The summed E-state index contributed by atoms with van der Waals surface area (Å²) in [5.41, 5.74) is 4.04. The minimum absolute atomic E-state index is 0.0446. The van der Waals surface area contributed by atoms with Crippen molar-refractivity contribution < 1.29 is 45.0 Å². The van der Waals surface area contributed by atoms with E-state index in [9.17, 15) is 31.1 Å². The molecule has 2 aromatic heterocycles. The van der Waals surface area contributed by atoms with Crippen LogP contribution < -0.4 is 15.4 Å². The molecule has 0 aliphatic carbocycles. The molecule has 11 nitrogen and oxygen atoms in total. The van der Waals surface area contributed by atoms with Crippen LogP contribution in [-0.4, -0.2) is 87.5 Å². The average molecular weight is 773 g/mol. The number of hydrogen-bond acceptors (Lipinski definition) is 9. The number of aryl methyl sites for hydroxylation is 1. The molecule has 0 radical (unpaired) electrons. The Kier molecular flexibility index (Phi) is 9.54. The number of halogens is 8. The summed E-state index contributed by atoms with van der Waals surface area (Å²) >= 11 is 6.72. The molecule has 2 fully saturated rings. The molecule has 2 atom stereocenters. The van der Waals surface area contributed by atoms with Gasteiger partial charge in [0.1, 0.15) is 12.4 Å². The second-order valence-corrected chi connectivity index (χ2v) is 14.4. The maximum atomic E-state index is 15.4. The molecule has 7 rings (SSSR count). The number of benzene rings is 1. The van der Waals surface area contributed by atoms with Gasteiger partial charge in [0.2, 0.25) is 0 Å². The fraction of sp³-hybridized carbons (Fsp3) is 0.529. The van der Waals surface area contributed by atoms with E-state index in [1.165, 1.54) is 4.90 Å². The molecule has 2 N–H and O–H groups in total. The Morgan fingerprint density at radius 3 is 2.62 bits per heavy atom. The molecule has 53 heavy (non-hydrogen) atoms. The summed E-state index contributed by atoms with van der Waals surface area (Å²) in [7, 11) is 3.16. The second-order valence-electron chi connectivity index (χ2n) is 14.1. The van der Waals surface area contributed by atoms with E-state index in [1.807, 2.05) is 9.80 Å². The number of ether oxygens (including phenoxy) is 2. The van der Waals surface area contributed by atoms with Crippen molar-refractivity contribution >= 4 is 29.0 Å². The number of amides is 1. The van der Waals surface area contributed by atoms with Gasteiger partial charge >= 0.3 is 18.4 Å². The molecule has 6 heterocycles. The molecule has 1 aromatic carbocycles. The summed E-state index contributed by atoms with van der Waals surface area (Å²) in [6.45, 7) is 1.35. The van der Waals surface area contributed by atoms with E-state index >= 15 is 4.39 Å². The van der Waals surface area contributed by atoms with Crippen LogP contribution in [0, 0.1) is 5.82 Å². The molecule has 0 unspecified atom stereocenters. The normalized spacial score (nSPS) is 22.8. The molecule has 0 spiro atoms. The topological polar surface area (TPSA) is 115 Å². The van der Waals surface area contributed by atoms with Gasteiger partial charge in [-0.1, -0.05) is 11.6 Å². The Bertz CT molecular complexity index is 1970. The van der Waals surface area contributed by atoms with E-state index in [0.717, 1.165) is 12.5 Å². The van der Waals surface area contributed by atoms with Crippen LogP contribution in [0.2, 0.25) is 5.02 Å². The van der Waals surface area contributed by atoms with E-state index in [4.69, 9.17) is 31.8 Å². The highest BCUT2D eigenvalue weighted by atomic mass is 35.5. The Hall–Kier alpha value is -4.16. The number of alkyl halides is 6. The summed E-state index contributed by atoms with van der Waals surface area (Å²) in [4.78, 5) is 27.3. The molecule has 0 bridgehead atoms. The molecule has 4 aliphatic rings. The summed E-state index contributed by atoms with van der Waals surface area (Å²) in [5, 5.41) is 4.61. The number of nitrogen functional groups attached to an aromatic ring is 1. The molecule has 4 aliphatic heterocycles. The Morgan fingerprint density at radius 2 is 1.91 bits per heavy atom. The minimum Gasteiger partial charge on any atom is -0.461 e. The van der Waals surface area contributed by atoms with E-state index in [1.54, 1.807) is 18.8 Å². The van der Waals surface area contributed by atoms with Crippen molar-refractivity contribution in [3.63, 3.8) is 0 Å². The van der Waals surface area contributed by atoms with Crippen LogP contribution in [0.5, 0.6) is 6.01 Å². The number of nitrogens with zero attached hydrogens (tertiary/aromatic N) is 7. The number of nitrogens with two attached hydrogens (primary N) is 1. The monoisotopic (exact) mass is 772 g/mol. The lowest BCUT2D eigenvalue weighted by molar-refractivity contribution is -0.140. The number of fused-ring (bicyclic) bond motifs is 3. The number of rotatable bonds is 6. The Labute approximate surface area is 304 Å². The summed E-state index contributed by atoms with van der Waals surface area (Å²) in [6, 6.07) is 1.41. The van der Waals surface area contributed by atoms with Crippen LogP contribution in [0.1, 0.15) is 70.4 Å². The number of allylic oxidation sites excluding steroid dienone is 1. The van der Waals surface area contributed by atoms with Gasteiger partial charge in [-0.25, -0.2) is 4.39 Å². The quantitative estimate of drug-likeness (QED) is 0.181. The molecule has 2 saturated heterocycles. The van der Waals surface area contributed by atoms with Crippen LogP contribution in [0.4, 0.5) is 42.2 Å².